The van der Waals surface area contributed by atoms with Gasteiger partial charge < -0.3 is 0 Å². The molecule has 0 amide bonds. The third-order valence-electron chi connectivity index (χ3n) is 1.57. The van der Waals surface area contributed by atoms with Gasteiger partial charge in [0.05, 0.1) is 0 Å². The van der Waals surface area contributed by atoms with Crippen molar-refractivity contribution in [2.24, 2.45) is 0 Å². The standard InChI is InChI=1S/C8H7BrFNO2/c9-7-1-2-8(10)6(5-7)3-4-11(12)13/h1-2,5H,3-4H2. The van der Waals surface area contributed by atoms with E-state index < -0.39 is 10.7 Å². The average molecular weight is 248 g/mol. The van der Waals surface area contributed by atoms with Crippen LogP contribution in [0.25, 0.3) is 0 Å². The van der Waals surface area contributed by atoms with Crippen LogP contribution >= 0.6 is 15.9 Å². The first-order valence-electron chi connectivity index (χ1n) is 3.65. The summed E-state index contributed by atoms with van der Waals surface area (Å²) in [5.41, 5.74) is 0.367. The van der Waals surface area contributed by atoms with Crippen LogP contribution in [-0.4, -0.2) is 11.5 Å². The lowest BCUT2D eigenvalue weighted by molar-refractivity contribution is -0.479. The lowest BCUT2D eigenvalue weighted by atomic mass is 10.1. The van der Waals surface area contributed by atoms with Gasteiger partial charge in [-0.1, -0.05) is 15.9 Å². The van der Waals surface area contributed by atoms with Crippen LogP contribution in [0, 0.1) is 15.9 Å². The van der Waals surface area contributed by atoms with E-state index in [1.807, 2.05) is 0 Å². The summed E-state index contributed by atoms with van der Waals surface area (Å²) < 4.78 is 13.7. The lowest BCUT2D eigenvalue weighted by Crippen LogP contribution is -2.05. The summed E-state index contributed by atoms with van der Waals surface area (Å²) in [6.07, 6.45) is 0.123. The number of nitro groups is 1. The molecular weight excluding hydrogens is 241 g/mol. The molecule has 70 valence electrons. The van der Waals surface area contributed by atoms with Crippen molar-refractivity contribution in [1.82, 2.24) is 0 Å². The van der Waals surface area contributed by atoms with Crippen LogP contribution < -0.4 is 0 Å². The molecule has 0 saturated carbocycles. The fourth-order valence-electron chi connectivity index (χ4n) is 0.947. The van der Waals surface area contributed by atoms with E-state index in [9.17, 15) is 14.5 Å². The Labute approximate surface area is 82.8 Å². The molecule has 1 aromatic rings. The molecular formula is C8H7BrFNO2. The zero-order valence-corrected chi connectivity index (χ0v) is 8.25. The van der Waals surface area contributed by atoms with Gasteiger partial charge in [0.2, 0.25) is 6.54 Å². The van der Waals surface area contributed by atoms with Crippen molar-refractivity contribution in [3.63, 3.8) is 0 Å². The Balaban J connectivity index is 2.75. The van der Waals surface area contributed by atoms with Crippen LogP contribution in [-0.2, 0) is 6.42 Å². The highest BCUT2D eigenvalue weighted by Gasteiger charge is 2.05. The first-order chi connectivity index (χ1) is 6.09. The minimum absolute atomic E-state index is 0.123. The summed E-state index contributed by atoms with van der Waals surface area (Å²) in [6.45, 7) is -0.243. The van der Waals surface area contributed by atoms with Crippen LogP contribution in [0.3, 0.4) is 0 Å². The van der Waals surface area contributed by atoms with Gasteiger partial charge >= 0.3 is 0 Å². The van der Waals surface area contributed by atoms with E-state index >= 15 is 0 Å². The second kappa shape index (κ2) is 4.32. The first kappa shape index (κ1) is 10.1. The molecule has 0 aliphatic carbocycles. The lowest BCUT2D eigenvalue weighted by Gasteiger charge is -2.00. The maximum atomic E-state index is 13.0. The molecule has 1 rings (SSSR count). The van der Waals surface area contributed by atoms with Crippen LogP contribution in [0.1, 0.15) is 5.56 Å². The van der Waals surface area contributed by atoms with Crippen LogP contribution in [0.5, 0.6) is 0 Å². The van der Waals surface area contributed by atoms with E-state index in [4.69, 9.17) is 0 Å². The Kier molecular flexibility index (Phi) is 3.36. The molecule has 0 spiro atoms. The summed E-state index contributed by atoms with van der Waals surface area (Å²) in [5.74, 6) is -0.398. The summed E-state index contributed by atoms with van der Waals surface area (Å²) >= 11 is 3.17. The predicted molar refractivity (Wildman–Crippen MR) is 49.7 cm³/mol. The third-order valence-corrected chi connectivity index (χ3v) is 2.06. The molecule has 1 aromatic carbocycles. The molecule has 0 aliphatic rings. The summed E-state index contributed by atoms with van der Waals surface area (Å²) in [6, 6.07) is 4.41. The van der Waals surface area contributed by atoms with Crippen molar-refractivity contribution in [2.75, 3.05) is 6.54 Å². The Morgan fingerprint density at radius 2 is 2.23 bits per heavy atom. The maximum absolute atomic E-state index is 13.0. The minimum Gasteiger partial charge on any atom is -0.265 e. The molecule has 0 bridgehead atoms. The molecule has 0 unspecified atom stereocenters. The van der Waals surface area contributed by atoms with Crippen molar-refractivity contribution >= 4 is 15.9 Å². The van der Waals surface area contributed by atoms with Gasteiger partial charge in [-0.2, -0.15) is 0 Å². The smallest absolute Gasteiger partial charge is 0.208 e. The zero-order chi connectivity index (χ0) is 9.84. The number of nitrogens with zero attached hydrogens (tertiary/aromatic N) is 1. The zero-order valence-electron chi connectivity index (χ0n) is 6.67. The molecule has 0 aromatic heterocycles. The molecule has 3 nitrogen and oxygen atoms in total. The Hall–Kier alpha value is -0.970. The van der Waals surface area contributed by atoms with Gasteiger partial charge in [0.25, 0.3) is 0 Å². The van der Waals surface area contributed by atoms with Gasteiger partial charge in [-0.05, 0) is 23.8 Å². The molecule has 13 heavy (non-hydrogen) atoms. The number of hydrogen-bond donors (Lipinski definition) is 0. The highest BCUT2D eigenvalue weighted by Crippen LogP contribution is 2.15. The molecule has 0 fully saturated rings. The summed E-state index contributed by atoms with van der Waals surface area (Å²) in [4.78, 5) is 9.58. The van der Waals surface area contributed by atoms with Gasteiger partial charge in [-0.25, -0.2) is 4.39 Å². The highest BCUT2D eigenvalue weighted by molar-refractivity contribution is 9.10. The SMILES string of the molecule is O=[N+]([O-])CCc1cc(Br)ccc1F. The Morgan fingerprint density at radius 1 is 1.54 bits per heavy atom. The van der Waals surface area contributed by atoms with Crippen molar-refractivity contribution in [3.8, 4) is 0 Å². The molecule has 0 N–H and O–H groups in total. The number of hydrogen-bond acceptors (Lipinski definition) is 2. The number of benzene rings is 1. The van der Waals surface area contributed by atoms with Gasteiger partial charge in [0.1, 0.15) is 5.82 Å². The molecule has 0 saturated heterocycles. The van der Waals surface area contributed by atoms with E-state index in [0.717, 1.165) is 4.47 Å². The monoisotopic (exact) mass is 247 g/mol. The fourth-order valence-corrected chi connectivity index (χ4v) is 1.36. The second-order valence-corrected chi connectivity index (χ2v) is 3.46. The largest absolute Gasteiger partial charge is 0.265 e. The number of rotatable bonds is 3. The van der Waals surface area contributed by atoms with E-state index in [0.29, 0.717) is 5.56 Å². The van der Waals surface area contributed by atoms with Crippen molar-refractivity contribution in [1.29, 1.82) is 0 Å². The van der Waals surface area contributed by atoms with Gasteiger partial charge in [0.15, 0.2) is 0 Å². The summed E-state index contributed by atoms with van der Waals surface area (Å²) in [7, 11) is 0. The molecule has 0 aliphatic heterocycles. The van der Waals surface area contributed by atoms with Crippen molar-refractivity contribution in [2.45, 2.75) is 6.42 Å². The van der Waals surface area contributed by atoms with Gasteiger partial charge in [0, 0.05) is 15.8 Å². The average Bonchev–Trinajstić information content (AvgIpc) is 2.06. The molecule has 0 atom stereocenters. The topological polar surface area (TPSA) is 43.1 Å². The maximum Gasteiger partial charge on any atom is 0.208 e. The van der Waals surface area contributed by atoms with E-state index in [1.54, 1.807) is 12.1 Å². The fraction of sp³-hybridized carbons (Fsp3) is 0.250. The van der Waals surface area contributed by atoms with E-state index in [2.05, 4.69) is 15.9 Å². The Bertz CT molecular complexity index is 330. The minimum atomic E-state index is -0.458. The molecule has 0 radical (unpaired) electrons. The van der Waals surface area contributed by atoms with Crippen LogP contribution in [0.15, 0.2) is 22.7 Å². The first-order valence-corrected chi connectivity index (χ1v) is 4.44. The van der Waals surface area contributed by atoms with Gasteiger partial charge in [-0.15, -0.1) is 0 Å². The van der Waals surface area contributed by atoms with E-state index in [-0.39, 0.29) is 13.0 Å². The number of halogens is 2. The third kappa shape index (κ3) is 3.10. The highest BCUT2D eigenvalue weighted by atomic mass is 79.9. The normalized spacial score (nSPS) is 10.0. The second-order valence-electron chi connectivity index (χ2n) is 2.54. The summed E-state index contributed by atoms with van der Waals surface area (Å²) in [5, 5.41) is 10.0. The molecule has 5 heteroatoms. The van der Waals surface area contributed by atoms with Crippen molar-refractivity contribution < 1.29 is 9.31 Å². The van der Waals surface area contributed by atoms with Crippen LogP contribution in [0.2, 0.25) is 0 Å². The predicted octanol–water partition coefficient (Wildman–Crippen LogP) is 2.41. The molecule has 0 heterocycles. The van der Waals surface area contributed by atoms with Crippen LogP contribution in [0.4, 0.5) is 4.39 Å². The van der Waals surface area contributed by atoms with Crippen molar-refractivity contribution in [3.05, 3.63) is 44.2 Å². The quantitative estimate of drug-likeness (QED) is 0.608. The van der Waals surface area contributed by atoms with Gasteiger partial charge in [-0.3, -0.25) is 10.1 Å². The Morgan fingerprint density at radius 3 is 2.85 bits per heavy atom. The van der Waals surface area contributed by atoms with E-state index in [1.165, 1.54) is 6.07 Å².